The molecule has 10 heteroatoms. The minimum Gasteiger partial charge on any atom is -0.507 e. The molecule has 7 nitrogen and oxygen atoms in total. The van der Waals surface area contributed by atoms with Gasteiger partial charge in [0.2, 0.25) is 5.91 Å². The van der Waals surface area contributed by atoms with Gasteiger partial charge in [-0.3, -0.25) is 9.48 Å². The normalized spacial score (nSPS) is 17.2. The Morgan fingerprint density at radius 3 is 2.47 bits per heavy atom. The Kier molecular flexibility index (Phi) is 5.83. The third-order valence-corrected chi connectivity index (χ3v) is 6.19. The Morgan fingerprint density at radius 1 is 1.21 bits per heavy atom. The molecule has 3 heterocycles. The van der Waals surface area contributed by atoms with Crippen LogP contribution in [0.1, 0.15) is 44.0 Å². The first kappa shape index (κ1) is 24.0. The predicted octanol–water partition coefficient (Wildman–Crippen LogP) is 4.23. The van der Waals surface area contributed by atoms with Gasteiger partial charge in [-0.1, -0.05) is 0 Å². The van der Waals surface area contributed by atoms with Crippen LogP contribution in [0.15, 0.2) is 24.3 Å². The molecule has 1 aliphatic heterocycles. The van der Waals surface area contributed by atoms with Crippen LogP contribution in [0.4, 0.5) is 13.2 Å². The zero-order valence-corrected chi connectivity index (χ0v) is 19.4. The molecule has 0 saturated carbocycles. The average molecular weight is 476 g/mol. The SMILES string of the molecule is CCN1C[C@@H](Cn2nc3nc(-c4c(C)cc(C(F)(F)F)cc4O)ccc3c2C(C)(C)O)CC1=O. The number of alkyl halides is 3. The minimum absolute atomic E-state index is 0.0311. The number of nitrogens with zero attached hydrogens (tertiary/aromatic N) is 4. The maximum Gasteiger partial charge on any atom is 0.416 e. The first-order valence-electron chi connectivity index (χ1n) is 11.1. The van der Waals surface area contributed by atoms with Crippen LogP contribution in [0.3, 0.4) is 0 Å². The summed E-state index contributed by atoms with van der Waals surface area (Å²) in [6.07, 6.45) is -4.18. The summed E-state index contributed by atoms with van der Waals surface area (Å²) in [5.74, 6) is -0.406. The van der Waals surface area contributed by atoms with Crippen molar-refractivity contribution in [2.75, 3.05) is 13.1 Å². The van der Waals surface area contributed by atoms with Gasteiger partial charge in [-0.2, -0.15) is 18.3 Å². The highest BCUT2D eigenvalue weighted by Crippen LogP contribution is 2.39. The predicted molar refractivity (Wildman–Crippen MR) is 120 cm³/mol. The number of halogens is 3. The third kappa shape index (κ3) is 4.34. The lowest BCUT2D eigenvalue weighted by Crippen LogP contribution is -2.26. The Balaban J connectivity index is 1.78. The van der Waals surface area contributed by atoms with Crippen LogP contribution < -0.4 is 0 Å². The fourth-order valence-corrected chi connectivity index (χ4v) is 4.72. The summed E-state index contributed by atoms with van der Waals surface area (Å²) in [5, 5.41) is 26.4. The number of fused-ring (bicyclic) bond motifs is 1. The van der Waals surface area contributed by atoms with E-state index in [2.05, 4.69) is 10.1 Å². The molecule has 0 bridgehead atoms. The molecule has 0 unspecified atom stereocenters. The summed E-state index contributed by atoms with van der Waals surface area (Å²) in [4.78, 5) is 18.4. The van der Waals surface area contributed by atoms with E-state index in [9.17, 15) is 28.2 Å². The highest BCUT2D eigenvalue weighted by Gasteiger charge is 2.34. The number of rotatable bonds is 5. The number of carbonyl (C=O) groups is 1. The van der Waals surface area contributed by atoms with E-state index in [4.69, 9.17) is 0 Å². The van der Waals surface area contributed by atoms with Crippen molar-refractivity contribution in [3.8, 4) is 17.0 Å². The summed E-state index contributed by atoms with van der Waals surface area (Å²) < 4.78 is 41.0. The Labute approximate surface area is 194 Å². The highest BCUT2D eigenvalue weighted by molar-refractivity contribution is 5.83. The molecule has 0 radical (unpaired) electrons. The molecule has 1 amide bonds. The highest BCUT2D eigenvalue weighted by atomic mass is 19.4. The number of aromatic nitrogens is 3. The zero-order chi connectivity index (χ0) is 25.0. The molecule has 0 spiro atoms. The van der Waals surface area contributed by atoms with E-state index >= 15 is 0 Å². The van der Waals surface area contributed by atoms with Gasteiger partial charge in [0.05, 0.1) is 17.0 Å². The summed E-state index contributed by atoms with van der Waals surface area (Å²) in [6.45, 7) is 8.33. The van der Waals surface area contributed by atoms with Crippen molar-refractivity contribution < 1.29 is 28.2 Å². The largest absolute Gasteiger partial charge is 0.507 e. The molecule has 4 rings (SSSR count). The number of hydrogen-bond donors (Lipinski definition) is 2. The van der Waals surface area contributed by atoms with E-state index < -0.39 is 23.1 Å². The van der Waals surface area contributed by atoms with Gasteiger partial charge in [0.1, 0.15) is 11.4 Å². The Hall–Kier alpha value is -3.14. The summed E-state index contributed by atoms with van der Waals surface area (Å²) in [7, 11) is 0. The van der Waals surface area contributed by atoms with Gasteiger partial charge in [-0.15, -0.1) is 0 Å². The maximum absolute atomic E-state index is 13.1. The van der Waals surface area contributed by atoms with Crippen molar-refractivity contribution >= 4 is 16.9 Å². The number of aryl methyl sites for hydroxylation is 1. The fourth-order valence-electron chi connectivity index (χ4n) is 4.72. The van der Waals surface area contributed by atoms with E-state index in [0.717, 1.165) is 6.07 Å². The first-order chi connectivity index (χ1) is 15.8. The topological polar surface area (TPSA) is 91.5 Å². The number of aromatic hydroxyl groups is 1. The van der Waals surface area contributed by atoms with E-state index in [0.29, 0.717) is 48.8 Å². The van der Waals surface area contributed by atoms with Gasteiger partial charge in [-0.25, -0.2) is 4.98 Å². The molecule has 1 aliphatic rings. The zero-order valence-electron chi connectivity index (χ0n) is 19.4. The van der Waals surface area contributed by atoms with Crippen LogP contribution in [0, 0.1) is 12.8 Å². The van der Waals surface area contributed by atoms with Crippen molar-refractivity contribution in [2.45, 2.75) is 52.4 Å². The molecular formula is C24H27F3N4O3. The van der Waals surface area contributed by atoms with Crippen LogP contribution in [0.5, 0.6) is 5.75 Å². The number of pyridine rings is 1. The van der Waals surface area contributed by atoms with E-state index in [1.807, 2.05) is 6.92 Å². The molecule has 2 N–H and O–H groups in total. The molecule has 34 heavy (non-hydrogen) atoms. The van der Waals surface area contributed by atoms with Crippen molar-refractivity contribution in [3.63, 3.8) is 0 Å². The van der Waals surface area contributed by atoms with Crippen LogP contribution >= 0.6 is 0 Å². The number of carbonyl (C=O) groups excluding carboxylic acids is 1. The van der Waals surface area contributed by atoms with E-state index in [-0.39, 0.29) is 28.6 Å². The van der Waals surface area contributed by atoms with E-state index in [1.54, 1.807) is 35.6 Å². The second kappa shape index (κ2) is 8.26. The molecule has 3 aromatic rings. The quantitative estimate of drug-likeness (QED) is 0.575. The van der Waals surface area contributed by atoms with Crippen molar-refractivity contribution in [1.29, 1.82) is 0 Å². The standard InChI is InChI=1S/C24H27F3N4O3/c1-5-30-11-14(9-19(30)33)12-31-21(23(3,4)34)16-6-7-17(28-22(16)29-31)20-13(2)8-15(10-18(20)32)24(25,26)27/h6-8,10,14,32,34H,5,9,11-12H2,1-4H3/t14-/m0/s1. The van der Waals surface area contributed by atoms with Crippen molar-refractivity contribution in [2.24, 2.45) is 5.92 Å². The molecule has 1 aromatic carbocycles. The second-order valence-corrected chi connectivity index (χ2v) is 9.34. The molecule has 1 atom stereocenters. The third-order valence-electron chi connectivity index (χ3n) is 6.19. The van der Waals surface area contributed by atoms with Crippen molar-refractivity contribution in [3.05, 3.63) is 41.1 Å². The van der Waals surface area contributed by atoms with Gasteiger partial charge in [0.15, 0.2) is 5.65 Å². The minimum atomic E-state index is -4.58. The average Bonchev–Trinajstić information content (AvgIpc) is 3.25. The number of aliphatic hydroxyl groups is 1. The maximum atomic E-state index is 13.1. The van der Waals surface area contributed by atoms with Gasteiger partial charge in [0.25, 0.3) is 0 Å². The van der Waals surface area contributed by atoms with Crippen molar-refractivity contribution in [1.82, 2.24) is 19.7 Å². The molecule has 2 aromatic heterocycles. The Bertz CT molecular complexity index is 1240. The summed E-state index contributed by atoms with van der Waals surface area (Å²) in [5.41, 5.74) is -0.663. The van der Waals surface area contributed by atoms with Crippen LogP contribution in [0.2, 0.25) is 0 Å². The van der Waals surface area contributed by atoms with Crippen LogP contribution in [0.25, 0.3) is 22.3 Å². The second-order valence-electron chi connectivity index (χ2n) is 9.34. The molecule has 1 fully saturated rings. The molecule has 1 saturated heterocycles. The lowest BCUT2D eigenvalue weighted by Gasteiger charge is -2.21. The van der Waals surface area contributed by atoms with Gasteiger partial charge >= 0.3 is 6.18 Å². The van der Waals surface area contributed by atoms with E-state index in [1.165, 1.54) is 6.92 Å². The van der Waals surface area contributed by atoms with Crippen LogP contribution in [-0.4, -0.2) is 48.9 Å². The summed E-state index contributed by atoms with van der Waals surface area (Å²) >= 11 is 0. The molecule has 0 aliphatic carbocycles. The smallest absolute Gasteiger partial charge is 0.416 e. The first-order valence-corrected chi connectivity index (χ1v) is 11.1. The lowest BCUT2D eigenvalue weighted by molar-refractivity contribution is -0.137. The Morgan fingerprint density at radius 2 is 1.91 bits per heavy atom. The van der Waals surface area contributed by atoms with Gasteiger partial charge < -0.3 is 15.1 Å². The number of likely N-dealkylation sites (tertiary alicyclic amines) is 1. The lowest BCUT2D eigenvalue weighted by atomic mass is 9.98. The summed E-state index contributed by atoms with van der Waals surface area (Å²) in [6, 6.07) is 4.95. The number of amides is 1. The van der Waals surface area contributed by atoms with Crippen LogP contribution in [-0.2, 0) is 23.1 Å². The van der Waals surface area contributed by atoms with Gasteiger partial charge in [-0.05, 0) is 57.5 Å². The van der Waals surface area contributed by atoms with Gasteiger partial charge in [0, 0.05) is 42.9 Å². The molecular weight excluding hydrogens is 449 g/mol. The number of phenols is 1. The number of phenolic OH excluding ortho intramolecular Hbond substituents is 1. The number of benzene rings is 1. The molecule has 182 valence electrons. The fraction of sp³-hybridized carbons (Fsp3) is 0.458. The monoisotopic (exact) mass is 476 g/mol. The number of hydrogen-bond acceptors (Lipinski definition) is 5.